The van der Waals surface area contributed by atoms with Crippen molar-refractivity contribution in [2.45, 2.75) is 31.1 Å². The van der Waals surface area contributed by atoms with Crippen LogP contribution in [0.3, 0.4) is 0 Å². The summed E-state index contributed by atoms with van der Waals surface area (Å²) in [7, 11) is 3.35. The quantitative estimate of drug-likeness (QED) is 0.0668. The van der Waals surface area contributed by atoms with Crippen LogP contribution in [0.4, 0.5) is 0 Å². The summed E-state index contributed by atoms with van der Waals surface area (Å²) in [5, 5.41) is 0. The maximum atomic E-state index is 6.02. The van der Waals surface area contributed by atoms with Crippen molar-refractivity contribution in [3.05, 3.63) is 56.5 Å². The number of hydrogen-bond donors (Lipinski definition) is 0. The Morgan fingerprint density at radius 1 is 0.328 bits per heavy atom. The fraction of sp³-hybridized carbons (Fsp3) is 0.733. The minimum Gasteiger partial charge on any atom is -0.382 e. The van der Waals surface area contributed by atoms with E-state index in [1.807, 2.05) is 0 Å². The summed E-state index contributed by atoms with van der Waals surface area (Å²) < 4.78 is 79.3. The van der Waals surface area contributed by atoms with E-state index in [0.29, 0.717) is 172 Å². The first-order valence-electron chi connectivity index (χ1n) is 21.6. The van der Waals surface area contributed by atoms with Crippen LogP contribution in [0.25, 0.3) is 11.1 Å². The van der Waals surface area contributed by atoms with E-state index in [9.17, 15) is 0 Å². The van der Waals surface area contributed by atoms with Crippen molar-refractivity contribution in [1.29, 1.82) is 0 Å². The van der Waals surface area contributed by atoms with E-state index in [1.165, 1.54) is 22.3 Å². The molecule has 0 N–H and O–H groups in total. The third-order valence-electron chi connectivity index (χ3n) is 9.65. The van der Waals surface area contributed by atoms with Gasteiger partial charge in [0.2, 0.25) is 0 Å². The van der Waals surface area contributed by atoms with Crippen LogP contribution in [0.5, 0.6) is 0 Å². The van der Waals surface area contributed by atoms with Crippen molar-refractivity contribution in [3.63, 3.8) is 0 Å². The first-order chi connectivity index (χ1) is 30.1. The Hall–Kier alpha value is -1.16. The Balaban J connectivity index is 1.07. The van der Waals surface area contributed by atoms with Gasteiger partial charge < -0.3 is 66.3 Å². The van der Waals surface area contributed by atoms with Crippen LogP contribution < -0.4 is 0 Å². The number of rotatable bonds is 44. The molecule has 1 aliphatic rings. The predicted molar refractivity (Wildman–Crippen MR) is 240 cm³/mol. The van der Waals surface area contributed by atoms with Crippen molar-refractivity contribution in [3.8, 4) is 11.1 Å². The molecule has 0 saturated carbocycles. The second-order valence-electron chi connectivity index (χ2n) is 14.0. The van der Waals surface area contributed by atoms with Crippen LogP contribution in [0.2, 0.25) is 0 Å². The molecule has 0 aromatic heterocycles. The molecule has 14 nitrogen and oxygen atoms in total. The highest BCUT2D eigenvalue weighted by Crippen LogP contribution is 2.54. The zero-order chi connectivity index (χ0) is 43.3. The molecule has 0 saturated heterocycles. The number of benzene rings is 2. The van der Waals surface area contributed by atoms with Crippen molar-refractivity contribution in [1.82, 2.24) is 0 Å². The normalized spacial score (nSPS) is 13.0. The first-order valence-corrected chi connectivity index (χ1v) is 23.2. The van der Waals surface area contributed by atoms with E-state index in [1.54, 1.807) is 14.2 Å². The SMILES string of the molecule is COCCOCCCC1(CCCOCCOCCOCCOCCOCCOCCOCCOCCOCCOCCOCCOC)c2cc(Br)ccc2-c2ccc(Br)cc21. The fourth-order valence-electron chi connectivity index (χ4n) is 6.74. The van der Waals surface area contributed by atoms with Gasteiger partial charge in [-0.25, -0.2) is 0 Å². The van der Waals surface area contributed by atoms with E-state index >= 15 is 0 Å². The van der Waals surface area contributed by atoms with Crippen molar-refractivity contribution in [2.24, 2.45) is 0 Å². The largest absolute Gasteiger partial charge is 0.382 e. The molecule has 2 aromatic carbocycles. The summed E-state index contributed by atoms with van der Waals surface area (Å²) in [6.45, 7) is 14.1. The van der Waals surface area contributed by atoms with Gasteiger partial charge in [0.15, 0.2) is 0 Å². The Labute approximate surface area is 381 Å². The molecule has 0 heterocycles. The molecule has 2 aromatic rings. The van der Waals surface area contributed by atoms with Gasteiger partial charge in [-0.2, -0.15) is 0 Å². The summed E-state index contributed by atoms with van der Waals surface area (Å²) >= 11 is 7.49. The number of methoxy groups -OCH3 is 2. The van der Waals surface area contributed by atoms with Crippen molar-refractivity contribution in [2.75, 3.05) is 186 Å². The highest BCUT2D eigenvalue weighted by atomic mass is 79.9. The summed E-state index contributed by atoms with van der Waals surface area (Å²) in [4.78, 5) is 0. The van der Waals surface area contributed by atoms with Crippen LogP contribution in [0.15, 0.2) is 45.3 Å². The third kappa shape index (κ3) is 24.1. The second-order valence-corrected chi connectivity index (χ2v) is 15.8. The molecule has 0 aliphatic heterocycles. The summed E-state index contributed by atoms with van der Waals surface area (Å²) in [5.41, 5.74) is 5.26. The standard InChI is InChI=1S/C45H72Br2O14/c1-48-13-15-50-11-3-9-45(43-37-39(46)5-7-41(43)42-8-6-40(47)38-44(42)45)10-4-12-51-17-18-53-21-22-55-25-26-57-29-30-59-33-34-61-36-35-60-32-31-58-28-27-56-24-23-54-20-19-52-16-14-49-2/h5-8,37-38H,3-4,9-36H2,1-2H3. The van der Waals surface area contributed by atoms with Crippen LogP contribution in [-0.4, -0.2) is 186 Å². The first kappa shape index (κ1) is 54.2. The molecule has 0 radical (unpaired) electrons. The van der Waals surface area contributed by atoms with E-state index < -0.39 is 0 Å². The number of fused-ring (bicyclic) bond motifs is 3. The van der Waals surface area contributed by atoms with Gasteiger partial charge in [0, 0.05) is 41.8 Å². The number of halogens is 2. The molecule has 61 heavy (non-hydrogen) atoms. The van der Waals surface area contributed by atoms with E-state index in [0.717, 1.165) is 34.6 Å². The lowest BCUT2D eigenvalue weighted by molar-refractivity contribution is -0.0280. The molecule has 1 aliphatic carbocycles. The Bertz CT molecular complexity index is 1290. The molecule has 0 fully saturated rings. The molecular formula is C45H72Br2O14. The lowest BCUT2D eigenvalue weighted by Gasteiger charge is -2.33. The van der Waals surface area contributed by atoms with E-state index in [-0.39, 0.29) is 5.41 Å². The van der Waals surface area contributed by atoms with E-state index in [2.05, 4.69) is 68.3 Å². The minimum atomic E-state index is -0.115. The van der Waals surface area contributed by atoms with Gasteiger partial charge in [-0.3, -0.25) is 0 Å². The zero-order valence-electron chi connectivity index (χ0n) is 36.6. The molecule has 0 atom stereocenters. The monoisotopic (exact) mass is 994 g/mol. The fourth-order valence-corrected chi connectivity index (χ4v) is 7.47. The Morgan fingerprint density at radius 2 is 0.557 bits per heavy atom. The minimum absolute atomic E-state index is 0.115. The van der Waals surface area contributed by atoms with Gasteiger partial charge >= 0.3 is 0 Å². The van der Waals surface area contributed by atoms with Crippen LogP contribution in [0.1, 0.15) is 36.8 Å². The van der Waals surface area contributed by atoms with Gasteiger partial charge in [-0.1, -0.05) is 44.0 Å². The predicted octanol–water partition coefficient (Wildman–Crippen LogP) is 6.53. The second kappa shape index (κ2) is 37.1. The molecule has 16 heteroatoms. The third-order valence-corrected chi connectivity index (χ3v) is 10.6. The molecule has 0 bridgehead atoms. The smallest absolute Gasteiger partial charge is 0.0701 e. The van der Waals surface area contributed by atoms with Gasteiger partial charge in [-0.15, -0.1) is 0 Å². The molecule has 3 rings (SSSR count). The summed E-state index contributed by atoms with van der Waals surface area (Å²) in [5.74, 6) is 0. The Morgan fingerprint density at radius 3 is 0.803 bits per heavy atom. The molecule has 0 amide bonds. The van der Waals surface area contributed by atoms with Crippen LogP contribution in [-0.2, 0) is 71.7 Å². The maximum absolute atomic E-state index is 6.02. The lowest BCUT2D eigenvalue weighted by atomic mass is 9.71. The van der Waals surface area contributed by atoms with Gasteiger partial charge in [-0.05, 0) is 72.2 Å². The Kier molecular flexibility index (Phi) is 33.0. The van der Waals surface area contributed by atoms with Gasteiger partial charge in [0.05, 0.1) is 159 Å². The van der Waals surface area contributed by atoms with Gasteiger partial charge in [0.25, 0.3) is 0 Å². The zero-order valence-corrected chi connectivity index (χ0v) is 39.8. The van der Waals surface area contributed by atoms with Gasteiger partial charge in [0.1, 0.15) is 0 Å². The number of hydrogen-bond acceptors (Lipinski definition) is 14. The highest BCUT2D eigenvalue weighted by Gasteiger charge is 2.42. The summed E-state index contributed by atoms with van der Waals surface area (Å²) in [6.07, 6.45) is 3.86. The molecule has 0 unspecified atom stereocenters. The molecular weight excluding hydrogens is 924 g/mol. The van der Waals surface area contributed by atoms with Crippen molar-refractivity contribution < 1.29 is 66.3 Å². The average molecular weight is 997 g/mol. The topological polar surface area (TPSA) is 129 Å². The number of ether oxygens (including phenoxy) is 14. The highest BCUT2D eigenvalue weighted by molar-refractivity contribution is 9.10. The van der Waals surface area contributed by atoms with E-state index in [4.69, 9.17) is 66.3 Å². The van der Waals surface area contributed by atoms with Crippen LogP contribution in [0, 0.1) is 0 Å². The van der Waals surface area contributed by atoms with Crippen molar-refractivity contribution >= 4 is 31.9 Å². The maximum Gasteiger partial charge on any atom is 0.0701 e. The lowest BCUT2D eigenvalue weighted by Crippen LogP contribution is -2.27. The average Bonchev–Trinajstić information content (AvgIpc) is 3.52. The molecule has 350 valence electrons. The summed E-state index contributed by atoms with van der Waals surface area (Å²) in [6, 6.07) is 13.4. The van der Waals surface area contributed by atoms with Crippen LogP contribution >= 0.6 is 31.9 Å². The molecule has 0 spiro atoms.